The van der Waals surface area contributed by atoms with Gasteiger partial charge in [-0.25, -0.2) is 0 Å². The summed E-state index contributed by atoms with van der Waals surface area (Å²) < 4.78 is 0. The highest BCUT2D eigenvalue weighted by Gasteiger charge is 2.37. The minimum Gasteiger partial charge on any atom is -0.481 e. The molecule has 0 aromatic rings. The number of carbonyl (C=O) groups excluding carboxylic acids is 12. The summed E-state index contributed by atoms with van der Waals surface area (Å²) in [6.45, 7) is 5.12. The maximum absolute atomic E-state index is 13.6. The lowest BCUT2D eigenvalue weighted by Gasteiger charge is -2.28. The minimum absolute atomic E-state index is 0.534. The van der Waals surface area contributed by atoms with Crippen LogP contribution in [0.3, 0.4) is 0 Å². The molecule has 0 rings (SSSR count). The summed E-state index contributed by atoms with van der Waals surface area (Å²) in [5.74, 6) is -20.0. The van der Waals surface area contributed by atoms with E-state index >= 15 is 0 Å². The van der Waals surface area contributed by atoms with Crippen molar-refractivity contribution < 1.29 is 97.5 Å². The molecule has 0 aromatic heterocycles. The fourth-order valence-electron chi connectivity index (χ4n) is 5.94. The normalized spacial score (nSPS) is 15.0. The lowest BCUT2D eigenvalue weighted by molar-refractivity contribution is -0.142. The molecule has 0 bridgehead atoms. The van der Waals surface area contributed by atoms with E-state index in [1.54, 1.807) is 0 Å². The Labute approximate surface area is 403 Å². The van der Waals surface area contributed by atoms with Crippen LogP contribution in [0.15, 0.2) is 0 Å². The Balaban J connectivity index is 6.50. The van der Waals surface area contributed by atoms with E-state index < -0.39 is 207 Å². The standard InChI is InChI=1S/C39H62N12O20/c1-14(2)29(31(42)63)50-39(71)30(16(4)53)51-37(69)20(10-25(41)56)47-36(68)22(12-28(61)62)49-34(66)19(7-9-26(57)58)45-32(64)15(3)43-35(67)21(11-27(59)60)48-33(65)18(6-8-24(40)55)46-38(70)23(13-52)44-17(5)54/h14-16,18-23,29-30,52-53H,6-13H2,1-5H3,(H2,40,55)(H2,41,56)(H2,42,63)(H,43,67)(H,44,54)(H,45,64)(H,46,70)(H,47,68)(H,48,65)(H,49,66)(H,50,71)(H,51,69)(H,57,58)(H,59,60)(H,61,62)/t15-,16+,18-,19-,20-,21-,22-,23-,29-,30-/m0/s1. The van der Waals surface area contributed by atoms with E-state index in [0.29, 0.717) is 0 Å². The Morgan fingerprint density at radius 3 is 1.18 bits per heavy atom. The molecule has 0 fully saturated rings. The first-order chi connectivity index (χ1) is 32.8. The smallest absolute Gasteiger partial charge is 0.305 e. The van der Waals surface area contributed by atoms with E-state index in [4.69, 9.17) is 17.2 Å². The van der Waals surface area contributed by atoms with Crippen molar-refractivity contribution in [1.82, 2.24) is 47.9 Å². The van der Waals surface area contributed by atoms with Gasteiger partial charge in [-0.3, -0.25) is 71.9 Å². The summed E-state index contributed by atoms with van der Waals surface area (Å²) in [4.78, 5) is 188. The monoisotopic (exact) mass is 1020 g/mol. The zero-order valence-corrected chi connectivity index (χ0v) is 39.1. The predicted molar refractivity (Wildman–Crippen MR) is 235 cm³/mol. The third-order valence-corrected chi connectivity index (χ3v) is 9.62. The van der Waals surface area contributed by atoms with Crippen molar-refractivity contribution in [3.8, 4) is 0 Å². The van der Waals surface area contributed by atoms with Gasteiger partial charge in [0.15, 0.2) is 0 Å². The van der Waals surface area contributed by atoms with Gasteiger partial charge in [0, 0.05) is 19.8 Å². The van der Waals surface area contributed by atoms with Crippen molar-refractivity contribution >= 4 is 88.8 Å². The zero-order valence-electron chi connectivity index (χ0n) is 39.1. The second-order valence-corrected chi connectivity index (χ2v) is 16.1. The molecule has 71 heavy (non-hydrogen) atoms. The first-order valence-electron chi connectivity index (χ1n) is 21.3. The first-order valence-corrected chi connectivity index (χ1v) is 21.3. The maximum atomic E-state index is 13.6. The molecular weight excluding hydrogens is 956 g/mol. The van der Waals surface area contributed by atoms with Gasteiger partial charge in [0.25, 0.3) is 0 Å². The molecule has 0 spiro atoms. The van der Waals surface area contributed by atoms with Crippen LogP contribution in [0, 0.1) is 5.92 Å². The van der Waals surface area contributed by atoms with Crippen LogP contribution in [0.4, 0.5) is 0 Å². The molecule has 10 atom stereocenters. The fraction of sp³-hybridized carbons (Fsp3) is 0.615. The van der Waals surface area contributed by atoms with E-state index in [1.807, 2.05) is 16.0 Å². The van der Waals surface area contributed by atoms with Crippen LogP contribution in [0.2, 0.25) is 0 Å². The zero-order chi connectivity index (χ0) is 55.0. The highest BCUT2D eigenvalue weighted by molar-refractivity contribution is 6.00. The molecule has 398 valence electrons. The Morgan fingerprint density at radius 1 is 0.423 bits per heavy atom. The first kappa shape index (κ1) is 63.0. The quantitative estimate of drug-likeness (QED) is 0.0290. The number of aliphatic hydroxyl groups excluding tert-OH is 2. The number of carboxylic acid groups (broad SMARTS) is 3. The number of primary amides is 3. The van der Waals surface area contributed by atoms with Crippen LogP contribution in [0.25, 0.3) is 0 Å². The molecule has 0 aliphatic rings. The van der Waals surface area contributed by atoms with Crippen molar-refractivity contribution in [2.75, 3.05) is 6.61 Å². The van der Waals surface area contributed by atoms with Gasteiger partial charge in [0.2, 0.25) is 70.9 Å². The number of amides is 12. The molecule has 0 aliphatic carbocycles. The lowest BCUT2D eigenvalue weighted by Crippen LogP contribution is -2.62. The van der Waals surface area contributed by atoms with Crippen molar-refractivity contribution in [3.05, 3.63) is 0 Å². The number of hydrogen-bond donors (Lipinski definition) is 17. The number of nitrogens with one attached hydrogen (secondary N) is 9. The molecule has 0 heterocycles. The van der Waals surface area contributed by atoms with Crippen LogP contribution in [0.1, 0.15) is 79.6 Å². The lowest BCUT2D eigenvalue weighted by atomic mass is 10.0. The molecule has 0 saturated carbocycles. The highest BCUT2D eigenvalue weighted by atomic mass is 16.4. The molecule has 32 nitrogen and oxygen atoms in total. The Morgan fingerprint density at radius 2 is 0.803 bits per heavy atom. The van der Waals surface area contributed by atoms with Crippen LogP contribution in [0.5, 0.6) is 0 Å². The van der Waals surface area contributed by atoms with Gasteiger partial charge in [0.05, 0.1) is 32.0 Å². The Bertz CT molecular complexity index is 2030. The Hall–Kier alpha value is -8.03. The minimum atomic E-state index is -2.18. The molecule has 0 unspecified atom stereocenters. The van der Waals surface area contributed by atoms with Gasteiger partial charge < -0.3 is 90.6 Å². The van der Waals surface area contributed by atoms with Gasteiger partial charge in [-0.05, 0) is 32.6 Å². The van der Waals surface area contributed by atoms with Gasteiger partial charge >= 0.3 is 17.9 Å². The number of nitrogens with two attached hydrogens (primary N) is 3. The molecule has 12 amide bonds. The van der Waals surface area contributed by atoms with Crippen molar-refractivity contribution in [1.29, 1.82) is 0 Å². The van der Waals surface area contributed by atoms with Crippen LogP contribution >= 0.6 is 0 Å². The van der Waals surface area contributed by atoms with Gasteiger partial charge in [-0.2, -0.15) is 0 Å². The summed E-state index contributed by atoms with van der Waals surface area (Å²) in [7, 11) is 0. The summed E-state index contributed by atoms with van der Waals surface area (Å²) in [5, 5.41) is 66.8. The molecular formula is C39H62N12O20. The van der Waals surface area contributed by atoms with Crippen LogP contribution in [-0.2, 0) is 71.9 Å². The molecule has 0 saturated heterocycles. The third kappa shape index (κ3) is 24.2. The topological polar surface area (TPSA) is 544 Å². The van der Waals surface area contributed by atoms with E-state index in [0.717, 1.165) is 20.8 Å². The molecule has 0 aliphatic heterocycles. The number of rotatable bonds is 33. The average Bonchev–Trinajstić information content (AvgIpc) is 3.24. The largest absolute Gasteiger partial charge is 0.481 e. The van der Waals surface area contributed by atoms with Gasteiger partial charge in [0.1, 0.15) is 54.4 Å². The van der Waals surface area contributed by atoms with E-state index in [9.17, 15) is 97.5 Å². The maximum Gasteiger partial charge on any atom is 0.305 e. The SMILES string of the molecule is CC(=O)N[C@@H](CO)C(=O)N[C@@H](CCC(N)=O)C(=O)N[C@@H](CC(=O)O)C(=O)N[C@@H](C)C(=O)N[C@@H](CCC(=O)O)C(=O)N[C@@H](CC(=O)O)C(=O)N[C@@H](CC(N)=O)C(=O)N[C@H](C(=O)N[C@H](C(N)=O)C(C)C)[C@@H](C)O. The fourth-order valence-corrected chi connectivity index (χ4v) is 5.94. The predicted octanol–water partition coefficient (Wildman–Crippen LogP) is -9.14. The summed E-state index contributed by atoms with van der Waals surface area (Å²) in [6.07, 6.45) is -7.86. The molecule has 0 aromatic carbocycles. The number of aliphatic hydroxyl groups is 2. The number of aliphatic carboxylic acids is 3. The second-order valence-electron chi connectivity index (χ2n) is 16.1. The molecule has 0 radical (unpaired) electrons. The van der Waals surface area contributed by atoms with E-state index in [2.05, 4.69) is 31.9 Å². The number of carboxylic acids is 3. The highest BCUT2D eigenvalue weighted by Crippen LogP contribution is 2.08. The molecule has 20 N–H and O–H groups in total. The summed E-state index contributed by atoms with van der Waals surface area (Å²) in [5.41, 5.74) is 15.7. The second kappa shape index (κ2) is 30.5. The van der Waals surface area contributed by atoms with Gasteiger partial charge in [-0.15, -0.1) is 0 Å². The number of hydrogen-bond acceptors (Lipinski definition) is 17. The summed E-state index contributed by atoms with van der Waals surface area (Å²) in [6, 6.07) is -16.4. The Kier molecular flexibility index (Phi) is 27.0. The number of carbonyl (C=O) groups is 15. The van der Waals surface area contributed by atoms with Gasteiger partial charge in [-0.1, -0.05) is 13.8 Å². The third-order valence-electron chi connectivity index (χ3n) is 9.62. The van der Waals surface area contributed by atoms with Crippen molar-refractivity contribution in [3.63, 3.8) is 0 Å². The van der Waals surface area contributed by atoms with Crippen molar-refractivity contribution in [2.24, 2.45) is 23.1 Å². The van der Waals surface area contributed by atoms with E-state index in [-0.39, 0.29) is 0 Å². The average molecular weight is 1020 g/mol. The summed E-state index contributed by atoms with van der Waals surface area (Å²) >= 11 is 0. The van der Waals surface area contributed by atoms with E-state index in [1.165, 1.54) is 13.8 Å². The van der Waals surface area contributed by atoms with Crippen LogP contribution in [-0.4, -0.2) is 181 Å². The molecule has 32 heteroatoms. The van der Waals surface area contributed by atoms with Crippen LogP contribution < -0.4 is 65.1 Å². The van der Waals surface area contributed by atoms with Crippen molar-refractivity contribution in [2.45, 2.75) is 140 Å².